The van der Waals surface area contributed by atoms with Gasteiger partial charge < -0.3 is 10.6 Å². The molecule has 0 atom stereocenters. The van der Waals surface area contributed by atoms with Gasteiger partial charge in [-0.1, -0.05) is 42.8 Å². The molecular formula is C18H21ClN2O. The molecule has 2 rings (SSSR count). The van der Waals surface area contributed by atoms with E-state index in [0.717, 1.165) is 35.7 Å². The van der Waals surface area contributed by atoms with Crippen molar-refractivity contribution in [3.63, 3.8) is 0 Å². The number of benzene rings is 2. The molecule has 0 saturated carbocycles. The van der Waals surface area contributed by atoms with Crippen molar-refractivity contribution >= 4 is 23.2 Å². The first kappa shape index (κ1) is 16.5. The maximum absolute atomic E-state index is 11.8. The second-order valence-corrected chi connectivity index (χ2v) is 5.59. The van der Waals surface area contributed by atoms with Gasteiger partial charge in [-0.15, -0.1) is 0 Å². The first-order chi connectivity index (χ1) is 10.7. The summed E-state index contributed by atoms with van der Waals surface area (Å²) in [6.07, 6.45) is 1.85. The summed E-state index contributed by atoms with van der Waals surface area (Å²) in [7, 11) is 0. The fourth-order valence-corrected chi connectivity index (χ4v) is 2.37. The van der Waals surface area contributed by atoms with E-state index in [0.29, 0.717) is 6.54 Å². The molecule has 1 amide bonds. The van der Waals surface area contributed by atoms with Crippen LogP contribution in [0, 0.1) is 0 Å². The first-order valence-corrected chi connectivity index (χ1v) is 7.89. The molecule has 2 N–H and O–H groups in total. The minimum Gasteiger partial charge on any atom is -0.325 e. The lowest BCUT2D eigenvalue weighted by Gasteiger charge is -2.07. The summed E-state index contributed by atoms with van der Waals surface area (Å²) in [4.78, 5) is 11.8. The van der Waals surface area contributed by atoms with Gasteiger partial charge in [0.25, 0.3) is 0 Å². The van der Waals surface area contributed by atoms with Gasteiger partial charge in [0.15, 0.2) is 0 Å². The van der Waals surface area contributed by atoms with Crippen LogP contribution in [-0.2, 0) is 17.6 Å². The van der Waals surface area contributed by atoms with Crippen LogP contribution in [0.4, 0.5) is 5.69 Å². The molecule has 0 bridgehead atoms. The molecule has 0 aliphatic rings. The highest BCUT2D eigenvalue weighted by atomic mass is 35.5. The largest absolute Gasteiger partial charge is 0.325 e. The molecule has 0 saturated heterocycles. The van der Waals surface area contributed by atoms with Crippen molar-refractivity contribution in [2.24, 2.45) is 0 Å². The zero-order valence-corrected chi connectivity index (χ0v) is 13.5. The maximum Gasteiger partial charge on any atom is 0.238 e. The van der Waals surface area contributed by atoms with Crippen molar-refractivity contribution in [1.29, 1.82) is 0 Å². The minimum atomic E-state index is -0.0321. The number of nitrogens with one attached hydrogen (secondary N) is 2. The third-order valence-electron chi connectivity index (χ3n) is 3.41. The van der Waals surface area contributed by atoms with Gasteiger partial charge in [0.05, 0.1) is 6.54 Å². The van der Waals surface area contributed by atoms with Gasteiger partial charge in [-0.3, -0.25) is 4.79 Å². The highest BCUT2D eigenvalue weighted by Gasteiger charge is 2.02. The SMILES string of the molecule is CCc1ccc(NC(=O)CNCCc2cccc(Cl)c2)cc1. The number of hydrogen-bond donors (Lipinski definition) is 2. The third-order valence-corrected chi connectivity index (χ3v) is 3.65. The molecule has 2 aromatic rings. The number of anilines is 1. The van der Waals surface area contributed by atoms with Crippen LogP contribution < -0.4 is 10.6 Å². The summed E-state index contributed by atoms with van der Waals surface area (Å²) in [5, 5.41) is 6.76. The molecule has 22 heavy (non-hydrogen) atoms. The number of rotatable bonds is 7. The summed E-state index contributed by atoms with van der Waals surface area (Å²) >= 11 is 5.94. The molecule has 0 heterocycles. The lowest BCUT2D eigenvalue weighted by Crippen LogP contribution is -2.29. The third kappa shape index (κ3) is 5.51. The van der Waals surface area contributed by atoms with E-state index in [1.54, 1.807) is 0 Å². The molecule has 0 spiro atoms. The normalized spacial score (nSPS) is 10.5. The van der Waals surface area contributed by atoms with Crippen molar-refractivity contribution in [3.8, 4) is 0 Å². The number of halogens is 1. The van der Waals surface area contributed by atoms with E-state index < -0.39 is 0 Å². The maximum atomic E-state index is 11.8. The zero-order chi connectivity index (χ0) is 15.8. The van der Waals surface area contributed by atoms with E-state index in [-0.39, 0.29) is 5.91 Å². The predicted molar refractivity (Wildman–Crippen MR) is 92.5 cm³/mol. The molecule has 116 valence electrons. The number of amides is 1. The van der Waals surface area contributed by atoms with Gasteiger partial charge in [-0.2, -0.15) is 0 Å². The van der Waals surface area contributed by atoms with E-state index in [9.17, 15) is 4.79 Å². The van der Waals surface area contributed by atoms with Crippen LogP contribution in [0.25, 0.3) is 0 Å². The Morgan fingerprint density at radius 3 is 2.55 bits per heavy atom. The van der Waals surface area contributed by atoms with Crippen LogP contribution in [-0.4, -0.2) is 19.0 Å². The monoisotopic (exact) mass is 316 g/mol. The van der Waals surface area contributed by atoms with E-state index in [2.05, 4.69) is 17.6 Å². The Balaban J connectivity index is 1.69. The predicted octanol–water partition coefficient (Wildman–Crippen LogP) is 3.67. The van der Waals surface area contributed by atoms with Crippen molar-refractivity contribution in [2.45, 2.75) is 19.8 Å². The molecule has 0 radical (unpaired) electrons. The second-order valence-electron chi connectivity index (χ2n) is 5.16. The first-order valence-electron chi connectivity index (χ1n) is 7.51. The Labute approximate surface area is 136 Å². The Bertz CT molecular complexity index is 611. The average molecular weight is 317 g/mol. The lowest BCUT2D eigenvalue weighted by molar-refractivity contribution is -0.115. The van der Waals surface area contributed by atoms with Crippen LogP contribution in [0.2, 0.25) is 5.02 Å². The fourth-order valence-electron chi connectivity index (χ4n) is 2.16. The quantitative estimate of drug-likeness (QED) is 0.765. The topological polar surface area (TPSA) is 41.1 Å². The Morgan fingerprint density at radius 2 is 1.86 bits per heavy atom. The van der Waals surface area contributed by atoms with Gasteiger partial charge in [0, 0.05) is 10.7 Å². The molecular weight excluding hydrogens is 296 g/mol. The number of carbonyl (C=O) groups excluding carboxylic acids is 1. The van der Waals surface area contributed by atoms with Gasteiger partial charge >= 0.3 is 0 Å². The molecule has 0 aliphatic carbocycles. The standard InChI is InChI=1S/C18H21ClN2O/c1-2-14-6-8-17(9-7-14)21-18(22)13-20-11-10-15-4-3-5-16(19)12-15/h3-9,12,20H,2,10-11,13H2,1H3,(H,21,22). The van der Waals surface area contributed by atoms with E-state index >= 15 is 0 Å². The summed E-state index contributed by atoms with van der Waals surface area (Å²) in [6.45, 7) is 3.15. The van der Waals surface area contributed by atoms with Crippen LogP contribution in [0.1, 0.15) is 18.1 Å². The van der Waals surface area contributed by atoms with Gasteiger partial charge in [0.1, 0.15) is 0 Å². The van der Waals surface area contributed by atoms with E-state index in [1.807, 2.05) is 48.5 Å². The molecule has 2 aromatic carbocycles. The average Bonchev–Trinajstić information content (AvgIpc) is 2.52. The smallest absolute Gasteiger partial charge is 0.238 e. The summed E-state index contributed by atoms with van der Waals surface area (Å²) < 4.78 is 0. The molecule has 4 heteroatoms. The number of hydrogen-bond acceptors (Lipinski definition) is 2. The minimum absolute atomic E-state index is 0.0321. The number of aryl methyl sites for hydroxylation is 1. The summed E-state index contributed by atoms with van der Waals surface area (Å²) in [5.74, 6) is -0.0321. The summed E-state index contributed by atoms with van der Waals surface area (Å²) in [6, 6.07) is 15.7. The van der Waals surface area contributed by atoms with E-state index in [4.69, 9.17) is 11.6 Å². The van der Waals surface area contributed by atoms with Gasteiger partial charge in [-0.05, 0) is 54.8 Å². The Kier molecular flexibility index (Phi) is 6.44. The van der Waals surface area contributed by atoms with Crippen molar-refractivity contribution in [2.75, 3.05) is 18.4 Å². The van der Waals surface area contributed by atoms with E-state index in [1.165, 1.54) is 5.56 Å². The molecule has 0 aliphatic heterocycles. The summed E-state index contributed by atoms with van der Waals surface area (Å²) in [5.41, 5.74) is 3.26. The Morgan fingerprint density at radius 1 is 1.09 bits per heavy atom. The zero-order valence-electron chi connectivity index (χ0n) is 12.7. The van der Waals surface area contributed by atoms with Crippen LogP contribution in [0.15, 0.2) is 48.5 Å². The van der Waals surface area contributed by atoms with Gasteiger partial charge in [-0.25, -0.2) is 0 Å². The molecule has 0 fully saturated rings. The van der Waals surface area contributed by atoms with Crippen molar-refractivity contribution in [1.82, 2.24) is 5.32 Å². The van der Waals surface area contributed by atoms with Crippen molar-refractivity contribution in [3.05, 3.63) is 64.7 Å². The fraction of sp³-hybridized carbons (Fsp3) is 0.278. The molecule has 0 unspecified atom stereocenters. The molecule has 3 nitrogen and oxygen atoms in total. The molecule has 0 aromatic heterocycles. The highest BCUT2D eigenvalue weighted by Crippen LogP contribution is 2.11. The van der Waals surface area contributed by atoms with Crippen LogP contribution >= 0.6 is 11.6 Å². The highest BCUT2D eigenvalue weighted by molar-refractivity contribution is 6.30. The Hall–Kier alpha value is -1.84. The second kappa shape index (κ2) is 8.57. The van der Waals surface area contributed by atoms with Crippen LogP contribution in [0.5, 0.6) is 0 Å². The number of carbonyl (C=O) groups is 1. The lowest BCUT2D eigenvalue weighted by atomic mass is 10.1. The van der Waals surface area contributed by atoms with Crippen LogP contribution in [0.3, 0.4) is 0 Å². The van der Waals surface area contributed by atoms with Crippen molar-refractivity contribution < 1.29 is 4.79 Å². The van der Waals surface area contributed by atoms with Gasteiger partial charge in [0.2, 0.25) is 5.91 Å².